The van der Waals surface area contributed by atoms with Crippen molar-refractivity contribution in [1.82, 2.24) is 5.32 Å². The minimum Gasteiger partial charge on any atom is -0.490 e. The zero-order valence-electron chi connectivity index (χ0n) is 13.1. The first-order valence-corrected chi connectivity index (χ1v) is 7.90. The highest BCUT2D eigenvalue weighted by Crippen LogP contribution is 2.24. The van der Waals surface area contributed by atoms with E-state index in [0.29, 0.717) is 24.7 Å². The van der Waals surface area contributed by atoms with Crippen molar-refractivity contribution in [2.24, 2.45) is 0 Å². The van der Waals surface area contributed by atoms with E-state index in [1.54, 1.807) is 19.2 Å². The van der Waals surface area contributed by atoms with Gasteiger partial charge in [-0.15, -0.1) is 0 Å². The Balaban J connectivity index is 1.86. The molecule has 122 valence electrons. The Morgan fingerprint density at radius 2 is 2.00 bits per heavy atom. The maximum atomic E-state index is 12.1. The van der Waals surface area contributed by atoms with Gasteiger partial charge in [0, 0.05) is 19.3 Å². The molecule has 0 bridgehead atoms. The van der Waals surface area contributed by atoms with Crippen LogP contribution in [0.15, 0.2) is 24.3 Å². The number of hydrogen-bond acceptors (Lipinski definition) is 4. The van der Waals surface area contributed by atoms with Crippen LogP contribution in [0.1, 0.15) is 42.5 Å². The van der Waals surface area contributed by atoms with E-state index in [1.165, 1.54) is 12.8 Å². The average molecular weight is 307 g/mol. The first-order chi connectivity index (χ1) is 10.7. The van der Waals surface area contributed by atoms with Crippen molar-refractivity contribution in [3.8, 4) is 5.75 Å². The van der Waals surface area contributed by atoms with Gasteiger partial charge in [-0.1, -0.05) is 0 Å². The molecule has 1 fully saturated rings. The molecule has 0 aromatic heterocycles. The Morgan fingerprint density at radius 3 is 2.59 bits per heavy atom. The van der Waals surface area contributed by atoms with Crippen molar-refractivity contribution >= 4 is 5.91 Å². The van der Waals surface area contributed by atoms with E-state index in [2.05, 4.69) is 5.32 Å². The molecule has 2 rings (SSSR count). The van der Waals surface area contributed by atoms with Gasteiger partial charge in [-0.2, -0.15) is 0 Å². The summed E-state index contributed by atoms with van der Waals surface area (Å²) in [5.41, 5.74) is 0.564. The zero-order valence-corrected chi connectivity index (χ0v) is 13.1. The quantitative estimate of drug-likeness (QED) is 0.772. The summed E-state index contributed by atoms with van der Waals surface area (Å²) in [6.07, 6.45) is 5.58. The van der Waals surface area contributed by atoms with Gasteiger partial charge >= 0.3 is 0 Å². The summed E-state index contributed by atoms with van der Waals surface area (Å²) in [5.74, 6) is 0.615. The van der Waals surface area contributed by atoms with Crippen LogP contribution in [-0.2, 0) is 4.74 Å². The largest absolute Gasteiger partial charge is 0.490 e. The second-order valence-corrected chi connectivity index (χ2v) is 5.68. The molecule has 1 aliphatic carbocycles. The average Bonchev–Trinajstić information content (AvgIpc) is 3.05. The Hall–Kier alpha value is -1.59. The smallest absolute Gasteiger partial charge is 0.251 e. The number of ether oxygens (including phenoxy) is 2. The van der Waals surface area contributed by atoms with Crippen molar-refractivity contribution in [3.63, 3.8) is 0 Å². The van der Waals surface area contributed by atoms with Crippen LogP contribution in [-0.4, -0.2) is 43.5 Å². The lowest BCUT2D eigenvalue weighted by Gasteiger charge is -2.16. The van der Waals surface area contributed by atoms with Crippen LogP contribution in [0.3, 0.4) is 0 Å². The van der Waals surface area contributed by atoms with E-state index in [9.17, 15) is 9.90 Å². The molecule has 5 heteroatoms. The van der Waals surface area contributed by atoms with Gasteiger partial charge in [0.1, 0.15) is 5.75 Å². The summed E-state index contributed by atoms with van der Waals surface area (Å²) in [4.78, 5) is 12.1. The number of amides is 1. The van der Waals surface area contributed by atoms with Crippen LogP contribution in [0.5, 0.6) is 5.75 Å². The number of carbonyl (C=O) groups is 1. The number of aliphatic hydroxyl groups is 1. The molecule has 5 nitrogen and oxygen atoms in total. The summed E-state index contributed by atoms with van der Waals surface area (Å²) < 4.78 is 10.8. The van der Waals surface area contributed by atoms with E-state index in [1.807, 2.05) is 12.1 Å². The molecular formula is C17H25NO4. The van der Waals surface area contributed by atoms with Crippen LogP contribution in [0.25, 0.3) is 0 Å². The van der Waals surface area contributed by atoms with Gasteiger partial charge in [0.2, 0.25) is 0 Å². The van der Waals surface area contributed by atoms with Crippen molar-refractivity contribution in [2.45, 2.75) is 44.2 Å². The Morgan fingerprint density at radius 1 is 1.32 bits per heavy atom. The maximum Gasteiger partial charge on any atom is 0.251 e. The number of nitrogens with one attached hydrogen (secondary N) is 1. The fourth-order valence-electron chi connectivity index (χ4n) is 2.62. The minimum atomic E-state index is -0.290. The van der Waals surface area contributed by atoms with Gasteiger partial charge in [-0.05, 0) is 56.4 Å². The molecule has 0 spiro atoms. The third-order valence-electron chi connectivity index (χ3n) is 3.95. The van der Waals surface area contributed by atoms with E-state index in [0.717, 1.165) is 18.6 Å². The van der Waals surface area contributed by atoms with Crippen LogP contribution >= 0.6 is 0 Å². The fourth-order valence-corrected chi connectivity index (χ4v) is 2.62. The van der Waals surface area contributed by atoms with Crippen LogP contribution in [0, 0.1) is 0 Å². The second kappa shape index (κ2) is 8.76. The molecule has 1 saturated carbocycles. The first-order valence-electron chi connectivity index (χ1n) is 7.90. The second-order valence-electron chi connectivity index (χ2n) is 5.68. The molecule has 0 heterocycles. The third kappa shape index (κ3) is 5.00. The number of aliphatic hydroxyl groups excluding tert-OH is 1. The van der Waals surface area contributed by atoms with Crippen LogP contribution in [0.4, 0.5) is 0 Å². The Bertz CT molecular complexity index is 454. The number of methoxy groups -OCH3 is 1. The SMILES string of the molecule is COCC[C@H](CO)NC(=O)c1ccc(OC2CCCC2)cc1. The van der Waals surface area contributed by atoms with Gasteiger partial charge < -0.3 is 19.9 Å². The molecule has 1 atom stereocenters. The molecule has 0 unspecified atom stereocenters. The van der Waals surface area contributed by atoms with Crippen LogP contribution in [0.2, 0.25) is 0 Å². The summed E-state index contributed by atoms with van der Waals surface area (Å²) in [6.45, 7) is 0.400. The van der Waals surface area contributed by atoms with Crippen molar-refractivity contribution in [1.29, 1.82) is 0 Å². The first kappa shape index (κ1) is 16.8. The molecule has 22 heavy (non-hydrogen) atoms. The lowest BCUT2D eigenvalue weighted by molar-refractivity contribution is 0.0894. The number of benzene rings is 1. The lowest BCUT2D eigenvalue weighted by atomic mass is 10.1. The van der Waals surface area contributed by atoms with Crippen molar-refractivity contribution in [2.75, 3.05) is 20.3 Å². The molecule has 1 aromatic rings. The predicted molar refractivity (Wildman–Crippen MR) is 84.2 cm³/mol. The highest BCUT2D eigenvalue weighted by atomic mass is 16.5. The molecule has 1 amide bonds. The number of carbonyl (C=O) groups excluding carboxylic acids is 1. The van der Waals surface area contributed by atoms with Gasteiger partial charge in [0.15, 0.2) is 0 Å². The minimum absolute atomic E-state index is 0.0992. The van der Waals surface area contributed by atoms with E-state index in [4.69, 9.17) is 9.47 Å². The summed E-state index contributed by atoms with van der Waals surface area (Å²) in [6, 6.07) is 6.88. The van der Waals surface area contributed by atoms with Gasteiger partial charge in [-0.25, -0.2) is 0 Å². The standard InChI is InChI=1S/C17H25NO4/c1-21-11-10-14(12-19)18-17(20)13-6-8-16(9-7-13)22-15-4-2-3-5-15/h6-9,14-15,19H,2-5,10-12H2,1H3,(H,18,20)/t14-/m1/s1. The van der Waals surface area contributed by atoms with E-state index >= 15 is 0 Å². The van der Waals surface area contributed by atoms with Gasteiger partial charge in [-0.3, -0.25) is 4.79 Å². The Kier molecular flexibility index (Phi) is 6.68. The molecule has 1 aliphatic rings. The topological polar surface area (TPSA) is 67.8 Å². The normalized spacial score (nSPS) is 16.5. The molecule has 0 saturated heterocycles. The van der Waals surface area contributed by atoms with E-state index in [-0.39, 0.29) is 18.6 Å². The van der Waals surface area contributed by atoms with Gasteiger partial charge in [0.05, 0.1) is 18.8 Å². The molecule has 2 N–H and O–H groups in total. The Labute approximate surface area is 131 Å². The van der Waals surface area contributed by atoms with Crippen molar-refractivity contribution < 1.29 is 19.4 Å². The lowest BCUT2D eigenvalue weighted by Crippen LogP contribution is -2.38. The monoisotopic (exact) mass is 307 g/mol. The predicted octanol–water partition coefficient (Wildman–Crippen LogP) is 2.14. The molecule has 0 aliphatic heterocycles. The summed E-state index contributed by atoms with van der Waals surface area (Å²) in [5, 5.41) is 12.1. The van der Waals surface area contributed by atoms with Crippen LogP contribution < -0.4 is 10.1 Å². The van der Waals surface area contributed by atoms with Gasteiger partial charge in [0.25, 0.3) is 5.91 Å². The fraction of sp³-hybridized carbons (Fsp3) is 0.588. The van der Waals surface area contributed by atoms with E-state index < -0.39 is 0 Å². The third-order valence-corrected chi connectivity index (χ3v) is 3.95. The van der Waals surface area contributed by atoms with Crippen molar-refractivity contribution in [3.05, 3.63) is 29.8 Å². The molecular weight excluding hydrogens is 282 g/mol. The molecule has 0 radical (unpaired) electrons. The molecule has 1 aromatic carbocycles. The summed E-state index contributed by atoms with van der Waals surface area (Å²) >= 11 is 0. The highest BCUT2D eigenvalue weighted by Gasteiger charge is 2.17. The zero-order chi connectivity index (χ0) is 15.8. The maximum absolute atomic E-state index is 12.1. The summed E-state index contributed by atoms with van der Waals surface area (Å²) in [7, 11) is 1.60. The number of rotatable bonds is 8. The highest BCUT2D eigenvalue weighted by molar-refractivity contribution is 5.94. The number of hydrogen-bond donors (Lipinski definition) is 2.